The van der Waals surface area contributed by atoms with Crippen LogP contribution in [-0.2, 0) is 4.74 Å². The summed E-state index contributed by atoms with van der Waals surface area (Å²) >= 11 is 3.45. The highest BCUT2D eigenvalue weighted by Crippen LogP contribution is 2.39. The normalized spacial score (nSPS) is 15.0. The van der Waals surface area contributed by atoms with E-state index in [-0.39, 0.29) is 6.04 Å². The van der Waals surface area contributed by atoms with Crippen LogP contribution in [0.4, 0.5) is 5.82 Å². The molecule has 1 heterocycles. The summed E-state index contributed by atoms with van der Waals surface area (Å²) in [6.45, 7) is 3.92. The van der Waals surface area contributed by atoms with Crippen molar-refractivity contribution in [3.8, 4) is 0 Å². The molecule has 1 fully saturated rings. The lowest BCUT2D eigenvalue weighted by atomic mass is 10.1. The Hall–Kier alpha value is -1.95. The van der Waals surface area contributed by atoms with Gasteiger partial charge in [-0.1, -0.05) is 28.1 Å². The number of nitrogens with one attached hydrogen (secondary N) is 1. The van der Waals surface area contributed by atoms with Crippen molar-refractivity contribution in [3.63, 3.8) is 0 Å². The lowest BCUT2D eigenvalue weighted by Crippen LogP contribution is -2.16. The predicted molar refractivity (Wildman–Crippen MR) is 96.3 cm³/mol. The molecule has 0 aliphatic heterocycles. The molecule has 1 N–H and O–H groups in total. The van der Waals surface area contributed by atoms with Crippen molar-refractivity contribution in [1.82, 2.24) is 9.97 Å². The minimum atomic E-state index is -0.420. The van der Waals surface area contributed by atoms with Crippen molar-refractivity contribution >= 4 is 27.7 Å². The molecule has 3 rings (SSSR count). The number of carbonyl (C=O) groups excluding carboxylic acids is 1. The number of nitrogens with zero attached hydrogens (tertiary/aromatic N) is 2. The van der Waals surface area contributed by atoms with E-state index in [4.69, 9.17) is 4.74 Å². The van der Waals surface area contributed by atoms with Crippen molar-refractivity contribution in [2.75, 3.05) is 12.4 Å². The van der Waals surface area contributed by atoms with Gasteiger partial charge in [-0.25, -0.2) is 14.8 Å². The summed E-state index contributed by atoms with van der Waals surface area (Å²) < 4.78 is 5.91. The Labute approximate surface area is 150 Å². The average Bonchev–Trinajstić information content (AvgIpc) is 3.41. The monoisotopic (exact) mass is 389 g/mol. The number of ether oxygens (including phenoxy) is 1. The van der Waals surface area contributed by atoms with Gasteiger partial charge in [-0.15, -0.1) is 0 Å². The van der Waals surface area contributed by atoms with Crippen LogP contribution in [0.3, 0.4) is 0 Å². The first-order valence-corrected chi connectivity index (χ1v) is 8.77. The smallest absolute Gasteiger partial charge is 0.357 e. The highest BCUT2D eigenvalue weighted by atomic mass is 79.9. The maximum absolute atomic E-state index is 12.0. The Kier molecular flexibility index (Phi) is 4.85. The highest BCUT2D eigenvalue weighted by molar-refractivity contribution is 9.10. The first-order chi connectivity index (χ1) is 11.5. The van der Waals surface area contributed by atoms with Gasteiger partial charge in [0.15, 0.2) is 5.69 Å². The van der Waals surface area contributed by atoms with Crippen molar-refractivity contribution in [2.24, 2.45) is 0 Å². The largest absolute Gasteiger partial charge is 0.464 e. The number of benzene rings is 1. The third-order valence-corrected chi connectivity index (χ3v) is 4.74. The zero-order chi connectivity index (χ0) is 17.3. The molecule has 1 aliphatic carbocycles. The third kappa shape index (κ3) is 3.59. The van der Waals surface area contributed by atoms with Gasteiger partial charge in [0.25, 0.3) is 0 Å². The fraction of sp³-hybridized carbons (Fsp3) is 0.389. The number of carbonyl (C=O) groups is 1. The molecule has 0 saturated heterocycles. The Morgan fingerprint density at radius 3 is 2.54 bits per heavy atom. The quantitative estimate of drug-likeness (QED) is 0.768. The van der Waals surface area contributed by atoms with Crippen LogP contribution in [0.1, 0.15) is 59.2 Å². The molecule has 1 aromatic heterocycles. The van der Waals surface area contributed by atoms with Crippen molar-refractivity contribution < 1.29 is 9.53 Å². The summed E-state index contributed by atoms with van der Waals surface area (Å²) in [5.41, 5.74) is 2.21. The van der Waals surface area contributed by atoms with Gasteiger partial charge in [-0.3, -0.25) is 0 Å². The van der Waals surface area contributed by atoms with Gasteiger partial charge in [0.1, 0.15) is 11.6 Å². The van der Waals surface area contributed by atoms with Crippen LogP contribution in [0, 0.1) is 6.92 Å². The van der Waals surface area contributed by atoms with Crippen molar-refractivity contribution in [2.45, 2.75) is 38.6 Å². The van der Waals surface area contributed by atoms with E-state index in [9.17, 15) is 4.79 Å². The standard InChI is InChI=1S/C18H20BrN3O2/c1-10-15(18(23)24-3)21-17(13-4-5-13)22-16(10)20-11(2)12-6-8-14(19)9-7-12/h6-9,11,13H,4-5H2,1-3H3,(H,20,21,22). The fourth-order valence-electron chi connectivity index (χ4n) is 2.53. The van der Waals surface area contributed by atoms with Gasteiger partial charge < -0.3 is 10.1 Å². The molecule has 1 atom stereocenters. The molecule has 6 heteroatoms. The van der Waals surface area contributed by atoms with Crippen molar-refractivity contribution in [1.29, 1.82) is 0 Å². The van der Waals surface area contributed by atoms with Gasteiger partial charge in [-0.2, -0.15) is 0 Å². The zero-order valence-corrected chi connectivity index (χ0v) is 15.6. The number of rotatable bonds is 5. The van der Waals surface area contributed by atoms with E-state index in [1.165, 1.54) is 7.11 Å². The Balaban J connectivity index is 1.92. The first kappa shape index (κ1) is 16.9. The molecule has 1 aliphatic rings. The van der Waals surface area contributed by atoms with E-state index >= 15 is 0 Å². The van der Waals surface area contributed by atoms with Gasteiger partial charge in [-0.05, 0) is 44.4 Å². The molecule has 0 bridgehead atoms. The second-order valence-corrected chi connectivity index (χ2v) is 7.00. The third-order valence-electron chi connectivity index (χ3n) is 4.21. The first-order valence-electron chi connectivity index (χ1n) is 7.98. The summed E-state index contributed by atoms with van der Waals surface area (Å²) in [4.78, 5) is 21.1. The SMILES string of the molecule is COC(=O)c1nc(C2CC2)nc(NC(C)c2ccc(Br)cc2)c1C. The number of anilines is 1. The Morgan fingerprint density at radius 1 is 1.29 bits per heavy atom. The molecule has 24 heavy (non-hydrogen) atoms. The van der Waals surface area contributed by atoms with Crippen LogP contribution in [0.25, 0.3) is 0 Å². The molecule has 0 spiro atoms. The highest BCUT2D eigenvalue weighted by Gasteiger charge is 2.29. The number of aromatic nitrogens is 2. The van der Waals surface area contributed by atoms with Crippen LogP contribution in [0.2, 0.25) is 0 Å². The van der Waals surface area contributed by atoms with Crippen LogP contribution in [0.15, 0.2) is 28.7 Å². The molecule has 5 nitrogen and oxygen atoms in total. The predicted octanol–water partition coefficient (Wildman–Crippen LogP) is 4.38. The number of halogens is 1. The lowest BCUT2D eigenvalue weighted by Gasteiger charge is -2.18. The molecule has 0 amide bonds. The van der Waals surface area contributed by atoms with Gasteiger partial charge >= 0.3 is 5.97 Å². The Morgan fingerprint density at radius 2 is 1.96 bits per heavy atom. The topological polar surface area (TPSA) is 64.1 Å². The maximum Gasteiger partial charge on any atom is 0.357 e. The van der Waals surface area contributed by atoms with Crippen molar-refractivity contribution in [3.05, 3.63) is 51.4 Å². The fourth-order valence-corrected chi connectivity index (χ4v) is 2.80. The second kappa shape index (κ2) is 6.89. The van der Waals surface area contributed by atoms with E-state index < -0.39 is 5.97 Å². The molecular formula is C18H20BrN3O2. The molecule has 0 radical (unpaired) electrons. The average molecular weight is 390 g/mol. The Bertz CT molecular complexity index is 758. The van der Waals surface area contributed by atoms with Gasteiger partial charge in [0.2, 0.25) is 0 Å². The van der Waals surface area contributed by atoms with Crippen LogP contribution in [-0.4, -0.2) is 23.0 Å². The minimum absolute atomic E-state index is 0.0595. The molecule has 1 aromatic carbocycles. The molecule has 1 unspecified atom stereocenters. The lowest BCUT2D eigenvalue weighted by molar-refractivity contribution is 0.0592. The van der Waals surface area contributed by atoms with E-state index in [0.717, 1.165) is 34.3 Å². The van der Waals surface area contributed by atoms with E-state index in [1.54, 1.807) is 0 Å². The van der Waals surface area contributed by atoms with Crippen LogP contribution < -0.4 is 5.32 Å². The van der Waals surface area contributed by atoms with Crippen LogP contribution >= 0.6 is 15.9 Å². The number of hydrogen-bond acceptors (Lipinski definition) is 5. The number of esters is 1. The summed E-state index contributed by atoms with van der Waals surface area (Å²) in [5.74, 6) is 1.36. The number of methoxy groups -OCH3 is 1. The summed E-state index contributed by atoms with van der Waals surface area (Å²) in [6, 6.07) is 8.19. The summed E-state index contributed by atoms with van der Waals surface area (Å²) in [7, 11) is 1.37. The molecule has 126 valence electrons. The molecule has 1 saturated carbocycles. The van der Waals surface area contributed by atoms with Gasteiger partial charge in [0.05, 0.1) is 7.11 Å². The number of hydrogen-bond donors (Lipinski definition) is 1. The van der Waals surface area contributed by atoms with E-state index in [2.05, 4.69) is 50.3 Å². The van der Waals surface area contributed by atoms with E-state index in [1.807, 2.05) is 19.1 Å². The van der Waals surface area contributed by atoms with Crippen LogP contribution in [0.5, 0.6) is 0 Å². The van der Waals surface area contributed by atoms with E-state index in [0.29, 0.717) is 17.4 Å². The summed E-state index contributed by atoms with van der Waals surface area (Å²) in [6.07, 6.45) is 2.15. The molecule has 2 aromatic rings. The zero-order valence-electron chi connectivity index (χ0n) is 14.0. The van der Waals surface area contributed by atoms with Gasteiger partial charge in [0, 0.05) is 22.0 Å². The minimum Gasteiger partial charge on any atom is -0.464 e. The maximum atomic E-state index is 12.0. The summed E-state index contributed by atoms with van der Waals surface area (Å²) in [5, 5.41) is 3.41. The molecular weight excluding hydrogens is 370 g/mol. The second-order valence-electron chi connectivity index (χ2n) is 6.09.